The second-order valence-corrected chi connectivity index (χ2v) is 8.55. The Morgan fingerprint density at radius 3 is 2.59 bits per heavy atom. The van der Waals surface area contributed by atoms with Gasteiger partial charge >= 0.3 is 5.97 Å². The minimum absolute atomic E-state index is 0.00289. The molecule has 2 unspecified atom stereocenters. The van der Waals surface area contributed by atoms with Gasteiger partial charge < -0.3 is 21.3 Å². The molecule has 162 valence electrons. The SMILES string of the molecule is CC1C=C(Oc2ccccc2)C=CC1c1nc(-c2ccc(C(=O)O)s2)cc(N)c1C(=N)N. The molecular weight excluding hydrogens is 424 g/mol. The number of anilines is 1. The van der Waals surface area contributed by atoms with E-state index in [0.717, 1.165) is 22.8 Å². The molecule has 1 aromatic carbocycles. The Balaban J connectivity index is 1.70. The lowest BCUT2D eigenvalue weighted by molar-refractivity contribution is 0.0702. The largest absolute Gasteiger partial charge is 0.477 e. The highest BCUT2D eigenvalue weighted by Crippen LogP contribution is 2.37. The number of carboxylic acid groups (broad SMARTS) is 1. The summed E-state index contributed by atoms with van der Waals surface area (Å²) in [6, 6.07) is 14.4. The van der Waals surface area contributed by atoms with Crippen LogP contribution >= 0.6 is 11.3 Å². The summed E-state index contributed by atoms with van der Waals surface area (Å²) in [6.45, 7) is 2.03. The van der Waals surface area contributed by atoms with Crippen molar-refractivity contribution in [2.75, 3.05) is 5.73 Å². The first-order valence-electron chi connectivity index (χ1n) is 9.94. The second-order valence-electron chi connectivity index (χ2n) is 7.47. The molecule has 4 rings (SSSR count). The van der Waals surface area contributed by atoms with Gasteiger partial charge in [0.2, 0.25) is 0 Å². The van der Waals surface area contributed by atoms with Crippen molar-refractivity contribution in [1.82, 2.24) is 4.98 Å². The number of allylic oxidation sites excluding steroid dienone is 3. The van der Waals surface area contributed by atoms with Crippen molar-refractivity contribution in [3.63, 3.8) is 0 Å². The van der Waals surface area contributed by atoms with E-state index in [1.807, 2.05) is 55.5 Å². The number of carboxylic acids is 1. The van der Waals surface area contributed by atoms with Crippen molar-refractivity contribution < 1.29 is 14.6 Å². The summed E-state index contributed by atoms with van der Waals surface area (Å²) in [4.78, 5) is 16.9. The Bertz CT molecular complexity index is 1250. The van der Waals surface area contributed by atoms with Gasteiger partial charge in [0.05, 0.1) is 21.8 Å². The van der Waals surface area contributed by atoms with Gasteiger partial charge in [0.1, 0.15) is 22.2 Å². The Labute approximate surface area is 189 Å². The van der Waals surface area contributed by atoms with Gasteiger partial charge in [0.25, 0.3) is 0 Å². The molecule has 32 heavy (non-hydrogen) atoms. The van der Waals surface area contributed by atoms with E-state index in [1.54, 1.807) is 12.1 Å². The average molecular weight is 447 g/mol. The number of nitrogens with two attached hydrogens (primary N) is 2. The summed E-state index contributed by atoms with van der Waals surface area (Å²) in [6.07, 6.45) is 5.84. The molecule has 2 heterocycles. The van der Waals surface area contributed by atoms with Crippen molar-refractivity contribution >= 4 is 28.8 Å². The lowest BCUT2D eigenvalue weighted by Gasteiger charge is -2.25. The third-order valence-corrected chi connectivity index (χ3v) is 6.27. The van der Waals surface area contributed by atoms with E-state index in [0.29, 0.717) is 27.5 Å². The van der Waals surface area contributed by atoms with Crippen LogP contribution in [0.2, 0.25) is 0 Å². The van der Waals surface area contributed by atoms with Crippen molar-refractivity contribution in [3.8, 4) is 16.3 Å². The third kappa shape index (κ3) is 4.26. The fourth-order valence-corrected chi connectivity index (χ4v) is 4.47. The monoisotopic (exact) mass is 446 g/mol. The van der Waals surface area contributed by atoms with Gasteiger partial charge in [-0.3, -0.25) is 10.4 Å². The lowest BCUT2D eigenvalue weighted by Crippen LogP contribution is -2.22. The van der Waals surface area contributed by atoms with Crippen molar-refractivity contribution in [2.45, 2.75) is 12.8 Å². The molecule has 6 N–H and O–H groups in total. The molecule has 0 radical (unpaired) electrons. The first-order chi connectivity index (χ1) is 15.3. The maximum absolute atomic E-state index is 11.3. The molecule has 2 atom stereocenters. The summed E-state index contributed by atoms with van der Waals surface area (Å²) >= 11 is 1.12. The van der Waals surface area contributed by atoms with Gasteiger partial charge in [-0.05, 0) is 48.4 Å². The lowest BCUT2D eigenvalue weighted by atomic mass is 9.84. The predicted molar refractivity (Wildman–Crippen MR) is 126 cm³/mol. The number of pyridine rings is 1. The molecule has 7 nitrogen and oxygen atoms in total. The molecule has 8 heteroatoms. The third-order valence-electron chi connectivity index (χ3n) is 5.17. The van der Waals surface area contributed by atoms with Gasteiger partial charge in [-0.1, -0.05) is 31.2 Å². The van der Waals surface area contributed by atoms with Crippen LogP contribution in [0.25, 0.3) is 10.6 Å². The number of benzene rings is 1. The van der Waals surface area contributed by atoms with E-state index in [1.165, 1.54) is 6.07 Å². The Kier molecular flexibility index (Phi) is 5.79. The summed E-state index contributed by atoms with van der Waals surface area (Å²) in [5, 5.41) is 17.3. The quantitative estimate of drug-likeness (QED) is 0.322. The molecule has 0 bridgehead atoms. The number of nitrogens with zero attached hydrogens (tertiary/aromatic N) is 1. The van der Waals surface area contributed by atoms with Crippen molar-refractivity contribution in [1.29, 1.82) is 5.41 Å². The van der Waals surface area contributed by atoms with Crippen LogP contribution in [0.15, 0.2) is 72.5 Å². The molecule has 0 amide bonds. The number of para-hydroxylation sites is 1. The zero-order chi connectivity index (χ0) is 22.8. The highest BCUT2D eigenvalue weighted by Gasteiger charge is 2.27. The van der Waals surface area contributed by atoms with Crippen LogP contribution in [0.5, 0.6) is 5.75 Å². The number of hydrogen-bond acceptors (Lipinski definition) is 6. The fourth-order valence-electron chi connectivity index (χ4n) is 3.66. The number of hydrogen-bond donors (Lipinski definition) is 4. The van der Waals surface area contributed by atoms with Crippen LogP contribution in [-0.2, 0) is 0 Å². The number of thiophene rings is 1. The first-order valence-corrected chi connectivity index (χ1v) is 10.8. The van der Waals surface area contributed by atoms with Crippen LogP contribution in [0.4, 0.5) is 5.69 Å². The van der Waals surface area contributed by atoms with Gasteiger partial charge in [-0.15, -0.1) is 11.3 Å². The fraction of sp³-hybridized carbons (Fsp3) is 0.125. The molecular formula is C24H22N4O3S. The molecule has 1 aliphatic rings. The van der Waals surface area contributed by atoms with E-state index in [4.69, 9.17) is 26.6 Å². The summed E-state index contributed by atoms with van der Waals surface area (Å²) in [5.41, 5.74) is 14.0. The maximum atomic E-state index is 11.3. The number of aromatic carboxylic acids is 1. The van der Waals surface area contributed by atoms with E-state index in [-0.39, 0.29) is 22.5 Å². The Hall–Kier alpha value is -3.91. The van der Waals surface area contributed by atoms with Gasteiger partial charge in [0.15, 0.2) is 0 Å². The standard InChI is InChI=1S/C24H22N4O3S/c1-13-11-15(31-14-5-3-2-4-6-14)7-8-16(13)22-21(23(26)27)17(25)12-18(28-22)19-9-10-20(32-19)24(29)30/h2-13,16H,1H3,(H2,25,28)(H3,26,27)(H,29,30). The number of carbonyl (C=O) groups is 1. The number of nitrogen functional groups attached to an aromatic ring is 2. The Morgan fingerprint density at radius 2 is 1.97 bits per heavy atom. The normalized spacial score (nSPS) is 17.6. The summed E-state index contributed by atoms with van der Waals surface area (Å²) < 4.78 is 5.94. The number of nitrogens with one attached hydrogen (secondary N) is 1. The minimum Gasteiger partial charge on any atom is -0.477 e. The van der Waals surface area contributed by atoms with Gasteiger partial charge in [-0.25, -0.2) is 4.79 Å². The molecule has 0 aliphatic heterocycles. The summed E-state index contributed by atoms with van der Waals surface area (Å²) in [5.74, 6) is 0.127. The molecule has 0 spiro atoms. The van der Waals surface area contributed by atoms with Crippen molar-refractivity contribution in [2.24, 2.45) is 11.7 Å². The average Bonchev–Trinajstić information content (AvgIpc) is 3.24. The molecule has 1 aliphatic carbocycles. The Morgan fingerprint density at radius 1 is 1.22 bits per heavy atom. The molecule has 0 saturated heterocycles. The van der Waals surface area contributed by atoms with E-state index in [2.05, 4.69) is 0 Å². The van der Waals surface area contributed by atoms with Crippen LogP contribution in [-0.4, -0.2) is 21.9 Å². The van der Waals surface area contributed by atoms with E-state index in [9.17, 15) is 9.90 Å². The minimum atomic E-state index is -0.991. The topological polar surface area (TPSA) is 135 Å². The summed E-state index contributed by atoms with van der Waals surface area (Å²) in [7, 11) is 0. The number of amidine groups is 1. The van der Waals surface area contributed by atoms with Crippen LogP contribution in [0.3, 0.4) is 0 Å². The zero-order valence-electron chi connectivity index (χ0n) is 17.3. The smallest absolute Gasteiger partial charge is 0.345 e. The second kappa shape index (κ2) is 8.68. The highest BCUT2D eigenvalue weighted by atomic mass is 32.1. The molecule has 3 aromatic rings. The van der Waals surface area contributed by atoms with Gasteiger partial charge in [-0.2, -0.15) is 0 Å². The van der Waals surface area contributed by atoms with E-state index >= 15 is 0 Å². The van der Waals surface area contributed by atoms with Crippen LogP contribution < -0.4 is 16.2 Å². The van der Waals surface area contributed by atoms with Crippen LogP contribution in [0, 0.1) is 11.3 Å². The maximum Gasteiger partial charge on any atom is 0.345 e. The van der Waals surface area contributed by atoms with Crippen LogP contribution in [0.1, 0.15) is 33.8 Å². The molecule has 0 saturated carbocycles. The van der Waals surface area contributed by atoms with Gasteiger partial charge in [0, 0.05) is 11.6 Å². The first kappa shape index (κ1) is 21.3. The van der Waals surface area contributed by atoms with Crippen molar-refractivity contribution in [3.05, 3.63) is 88.7 Å². The predicted octanol–water partition coefficient (Wildman–Crippen LogP) is 4.63. The number of rotatable bonds is 6. The molecule has 2 aromatic heterocycles. The zero-order valence-corrected chi connectivity index (χ0v) is 18.1. The number of aromatic nitrogens is 1. The highest BCUT2D eigenvalue weighted by molar-refractivity contribution is 7.17. The molecule has 0 fully saturated rings. The number of ether oxygens (including phenoxy) is 1. The van der Waals surface area contributed by atoms with E-state index < -0.39 is 5.97 Å².